The maximum absolute atomic E-state index is 13.2. The van der Waals surface area contributed by atoms with E-state index in [9.17, 15) is 19.2 Å². The van der Waals surface area contributed by atoms with Gasteiger partial charge >= 0.3 is 0 Å². The zero-order valence-corrected chi connectivity index (χ0v) is 24.8. The fourth-order valence-electron chi connectivity index (χ4n) is 4.98. The molecule has 0 aliphatic carbocycles. The summed E-state index contributed by atoms with van der Waals surface area (Å²) >= 11 is 0. The Morgan fingerprint density at radius 1 is 1.02 bits per heavy atom. The number of hydrogen-bond acceptors (Lipinski definition) is 6. The molecule has 5 N–H and O–H groups in total. The van der Waals surface area contributed by atoms with Crippen molar-refractivity contribution < 1.29 is 19.2 Å². The molecule has 2 aromatic carbocycles. The summed E-state index contributed by atoms with van der Waals surface area (Å²) in [6, 6.07) is 18.2. The van der Waals surface area contributed by atoms with E-state index >= 15 is 0 Å². The van der Waals surface area contributed by atoms with Crippen molar-refractivity contribution >= 4 is 29.4 Å². The first-order valence-electron chi connectivity index (χ1n) is 14.7. The molecule has 0 bridgehead atoms. The number of nitrogens with zero attached hydrogens (tertiary/aromatic N) is 3. The second-order valence-electron chi connectivity index (χ2n) is 11.5. The number of hydrogen-bond donors (Lipinski definition) is 4. The van der Waals surface area contributed by atoms with E-state index in [2.05, 4.69) is 20.9 Å². The fourth-order valence-corrected chi connectivity index (χ4v) is 4.98. The normalized spacial score (nSPS) is 15.5. The van der Waals surface area contributed by atoms with Crippen LogP contribution in [0.3, 0.4) is 0 Å². The minimum atomic E-state index is -1.15. The number of benzene rings is 2. The summed E-state index contributed by atoms with van der Waals surface area (Å²) in [5.41, 5.74) is 6.94. The van der Waals surface area contributed by atoms with E-state index in [1.165, 1.54) is 6.33 Å². The third kappa shape index (κ3) is 9.24. The van der Waals surface area contributed by atoms with Gasteiger partial charge in [0.2, 0.25) is 23.6 Å². The zero-order valence-electron chi connectivity index (χ0n) is 24.8. The Labute approximate surface area is 252 Å². The van der Waals surface area contributed by atoms with Gasteiger partial charge in [0.25, 0.3) is 0 Å². The number of anilines is 1. The molecule has 1 aromatic heterocycles. The number of nitrogens with one attached hydrogen (secondary N) is 3. The Kier molecular flexibility index (Phi) is 10.7. The monoisotopic (exact) mass is 587 g/mol. The van der Waals surface area contributed by atoms with Crippen LogP contribution in [-0.4, -0.2) is 62.2 Å². The standard InChI is InChI=1S/C32H41N7O4/c1-32(2,33)31(43)36-25(16-9-15-23-11-5-3-6-12-23)29(41)37-27-20-38(22-35-27)21-28(40)39-18-10-17-26(39)30(42)34-19-24-13-7-4-8-14-24/h3-8,11-14,20,22,25-26H,9-10,15-19,21,33H2,1-2H3,(H,34,42)(H,36,43)(H,37,41). The predicted octanol–water partition coefficient (Wildman–Crippen LogP) is 2.37. The van der Waals surface area contributed by atoms with E-state index < -0.39 is 29.4 Å². The maximum atomic E-state index is 13.2. The van der Waals surface area contributed by atoms with Crippen molar-refractivity contribution in [1.82, 2.24) is 25.1 Å². The van der Waals surface area contributed by atoms with Crippen LogP contribution in [0.5, 0.6) is 0 Å². The minimum Gasteiger partial charge on any atom is -0.350 e. The summed E-state index contributed by atoms with van der Waals surface area (Å²) < 4.78 is 1.57. The summed E-state index contributed by atoms with van der Waals surface area (Å²) in [5.74, 6) is -0.975. The number of carbonyl (C=O) groups excluding carboxylic acids is 4. The van der Waals surface area contributed by atoms with Crippen molar-refractivity contribution in [2.45, 2.75) is 76.7 Å². The Bertz CT molecular complexity index is 1390. The third-order valence-electron chi connectivity index (χ3n) is 7.40. The topological polar surface area (TPSA) is 151 Å². The highest BCUT2D eigenvalue weighted by molar-refractivity contribution is 5.97. The summed E-state index contributed by atoms with van der Waals surface area (Å²) in [6.45, 7) is 4.04. The van der Waals surface area contributed by atoms with E-state index in [4.69, 9.17) is 5.73 Å². The van der Waals surface area contributed by atoms with E-state index in [0.717, 1.165) is 24.0 Å². The Morgan fingerprint density at radius 2 is 1.70 bits per heavy atom. The van der Waals surface area contributed by atoms with E-state index in [1.807, 2.05) is 60.7 Å². The van der Waals surface area contributed by atoms with Gasteiger partial charge < -0.3 is 31.2 Å². The SMILES string of the molecule is CC(C)(N)C(=O)NC(CCCc1ccccc1)C(=O)Nc1cn(CC(=O)N2CCCC2C(=O)NCc2ccccc2)cn1. The van der Waals surface area contributed by atoms with E-state index in [1.54, 1.807) is 29.5 Å². The van der Waals surface area contributed by atoms with Crippen molar-refractivity contribution in [3.8, 4) is 0 Å². The van der Waals surface area contributed by atoms with Gasteiger partial charge in [-0.15, -0.1) is 0 Å². The van der Waals surface area contributed by atoms with Crippen molar-refractivity contribution in [3.63, 3.8) is 0 Å². The molecule has 3 aromatic rings. The summed E-state index contributed by atoms with van der Waals surface area (Å²) in [4.78, 5) is 57.6. The lowest BCUT2D eigenvalue weighted by molar-refractivity contribution is -0.139. The zero-order chi connectivity index (χ0) is 30.8. The van der Waals surface area contributed by atoms with Gasteiger partial charge in [-0.1, -0.05) is 60.7 Å². The highest BCUT2D eigenvalue weighted by Crippen LogP contribution is 2.19. The average Bonchev–Trinajstić information content (AvgIpc) is 3.66. The molecular weight excluding hydrogens is 546 g/mol. The van der Waals surface area contributed by atoms with Crippen LogP contribution in [0.2, 0.25) is 0 Å². The van der Waals surface area contributed by atoms with Crippen LogP contribution in [0.15, 0.2) is 73.2 Å². The van der Waals surface area contributed by atoms with Crippen molar-refractivity contribution in [3.05, 3.63) is 84.3 Å². The summed E-state index contributed by atoms with van der Waals surface area (Å²) in [5, 5.41) is 8.46. The van der Waals surface area contributed by atoms with Gasteiger partial charge in [0.05, 0.1) is 11.9 Å². The molecule has 4 amide bonds. The van der Waals surface area contributed by atoms with Gasteiger partial charge in [0.15, 0.2) is 5.82 Å². The first-order valence-corrected chi connectivity index (χ1v) is 14.7. The molecule has 1 aliphatic heterocycles. The first-order chi connectivity index (χ1) is 20.6. The van der Waals surface area contributed by atoms with Crippen molar-refractivity contribution in [1.29, 1.82) is 0 Å². The Balaban J connectivity index is 1.32. The van der Waals surface area contributed by atoms with Crippen molar-refractivity contribution in [2.24, 2.45) is 5.73 Å². The molecule has 0 saturated carbocycles. The van der Waals surface area contributed by atoms with Crippen LogP contribution in [0.25, 0.3) is 0 Å². The second kappa shape index (κ2) is 14.6. The number of aryl methyl sites for hydroxylation is 1. The van der Waals surface area contributed by atoms with Gasteiger partial charge in [-0.25, -0.2) is 4.98 Å². The van der Waals surface area contributed by atoms with Gasteiger partial charge in [0.1, 0.15) is 18.6 Å². The molecule has 2 atom stereocenters. The van der Waals surface area contributed by atoms with Crippen molar-refractivity contribution in [2.75, 3.05) is 11.9 Å². The number of carbonyl (C=O) groups is 4. The molecule has 0 spiro atoms. The van der Waals surface area contributed by atoms with E-state index in [-0.39, 0.29) is 24.2 Å². The van der Waals surface area contributed by atoms with Gasteiger partial charge in [-0.2, -0.15) is 0 Å². The molecule has 11 heteroatoms. The van der Waals surface area contributed by atoms with Gasteiger partial charge in [0, 0.05) is 19.3 Å². The molecule has 1 fully saturated rings. The molecule has 1 aliphatic rings. The molecule has 43 heavy (non-hydrogen) atoms. The van der Waals surface area contributed by atoms with Crippen LogP contribution in [0.1, 0.15) is 50.7 Å². The lowest BCUT2D eigenvalue weighted by Gasteiger charge is -2.24. The van der Waals surface area contributed by atoms with Gasteiger partial charge in [-0.05, 0) is 57.1 Å². The third-order valence-corrected chi connectivity index (χ3v) is 7.40. The summed E-state index contributed by atoms with van der Waals surface area (Å²) in [6.07, 6.45) is 6.21. The lowest BCUT2D eigenvalue weighted by atomic mass is 10.0. The Hall–Kier alpha value is -4.51. The average molecular weight is 588 g/mol. The van der Waals surface area contributed by atoms with Crippen LogP contribution in [-0.2, 0) is 38.7 Å². The quantitative estimate of drug-likeness (QED) is 0.241. The number of rotatable bonds is 13. The second-order valence-corrected chi connectivity index (χ2v) is 11.5. The smallest absolute Gasteiger partial charge is 0.248 e. The van der Waals surface area contributed by atoms with Crippen LogP contribution in [0.4, 0.5) is 5.82 Å². The number of imidazole rings is 1. The molecule has 11 nitrogen and oxygen atoms in total. The largest absolute Gasteiger partial charge is 0.350 e. The molecule has 2 heterocycles. The fraction of sp³-hybridized carbons (Fsp3) is 0.406. The van der Waals surface area contributed by atoms with Crippen LogP contribution < -0.4 is 21.7 Å². The van der Waals surface area contributed by atoms with Crippen LogP contribution in [0, 0.1) is 0 Å². The summed E-state index contributed by atoms with van der Waals surface area (Å²) in [7, 11) is 0. The molecule has 228 valence electrons. The minimum absolute atomic E-state index is 0.0239. The predicted molar refractivity (Wildman–Crippen MR) is 163 cm³/mol. The maximum Gasteiger partial charge on any atom is 0.248 e. The van der Waals surface area contributed by atoms with Gasteiger partial charge in [-0.3, -0.25) is 19.2 Å². The van der Waals surface area contributed by atoms with Crippen LogP contribution >= 0.6 is 0 Å². The molecule has 1 saturated heterocycles. The Morgan fingerprint density at radius 3 is 2.37 bits per heavy atom. The number of aromatic nitrogens is 2. The number of amides is 4. The number of likely N-dealkylation sites (tertiary alicyclic amines) is 1. The highest BCUT2D eigenvalue weighted by Gasteiger charge is 2.34. The lowest BCUT2D eigenvalue weighted by Crippen LogP contribution is -2.54. The number of nitrogens with two attached hydrogens (primary N) is 1. The molecular formula is C32H41N7O4. The molecule has 2 unspecified atom stereocenters. The highest BCUT2D eigenvalue weighted by atomic mass is 16.2. The van der Waals surface area contributed by atoms with E-state index in [0.29, 0.717) is 32.4 Å². The first kappa shape index (κ1) is 31.4. The molecule has 0 radical (unpaired) electrons. The molecule has 4 rings (SSSR count).